The Labute approximate surface area is 111 Å². The highest BCUT2D eigenvalue weighted by molar-refractivity contribution is 9.10. The van der Waals surface area contributed by atoms with Crippen LogP contribution in [0.25, 0.3) is 0 Å². The monoisotopic (exact) mass is 309 g/mol. The van der Waals surface area contributed by atoms with Gasteiger partial charge in [0.1, 0.15) is 5.03 Å². The first-order chi connectivity index (χ1) is 8.15. The Balaban J connectivity index is 2.16. The first-order valence-corrected chi connectivity index (χ1v) is 6.39. The van der Waals surface area contributed by atoms with Crippen LogP contribution in [0.2, 0.25) is 0 Å². The van der Waals surface area contributed by atoms with E-state index in [2.05, 4.69) is 20.9 Å². The highest BCUT2D eigenvalue weighted by Gasteiger charge is 2.04. The van der Waals surface area contributed by atoms with Gasteiger partial charge in [-0.15, -0.1) is 0 Å². The van der Waals surface area contributed by atoms with Crippen LogP contribution < -0.4 is 0 Å². The average Bonchev–Trinajstić information content (AvgIpc) is 2.29. The summed E-state index contributed by atoms with van der Waals surface area (Å²) < 4.78 is 1.00. The second-order valence-corrected chi connectivity index (χ2v) is 5.26. The quantitative estimate of drug-likeness (QED) is 0.939. The molecule has 0 atom stereocenters. The zero-order chi connectivity index (χ0) is 12.3. The van der Waals surface area contributed by atoms with Crippen LogP contribution in [0, 0.1) is 0 Å². The Kier molecular flexibility index (Phi) is 3.81. The molecule has 1 aromatic carbocycles. The van der Waals surface area contributed by atoms with Gasteiger partial charge in [0.25, 0.3) is 0 Å². The van der Waals surface area contributed by atoms with Crippen LogP contribution in [0.4, 0.5) is 0 Å². The van der Waals surface area contributed by atoms with Crippen LogP contribution >= 0.6 is 27.7 Å². The molecule has 2 rings (SSSR count). The molecule has 5 heteroatoms. The van der Waals surface area contributed by atoms with Gasteiger partial charge in [-0.3, -0.25) is 0 Å². The zero-order valence-corrected chi connectivity index (χ0v) is 11.0. The fourth-order valence-corrected chi connectivity index (χ4v) is 2.58. The van der Waals surface area contributed by atoms with Crippen molar-refractivity contribution in [3.8, 4) is 0 Å². The van der Waals surface area contributed by atoms with Gasteiger partial charge in [-0.25, -0.2) is 9.78 Å². The molecule has 0 saturated carbocycles. The second-order valence-electron chi connectivity index (χ2n) is 3.25. The van der Waals surface area contributed by atoms with E-state index < -0.39 is 5.97 Å². The molecular weight excluding hydrogens is 302 g/mol. The molecule has 0 aliphatic carbocycles. The standard InChI is InChI=1S/C12H8BrNO2S/c13-9-2-1-3-10(6-9)17-11-5-4-8(7-14-11)12(15)16/h1-7H,(H,15,16). The Bertz CT molecular complexity index is 542. The van der Waals surface area contributed by atoms with Crippen molar-refractivity contribution in [1.29, 1.82) is 0 Å². The van der Waals surface area contributed by atoms with E-state index in [4.69, 9.17) is 5.11 Å². The van der Waals surface area contributed by atoms with Gasteiger partial charge in [-0.05, 0) is 30.3 Å². The number of hydrogen-bond acceptors (Lipinski definition) is 3. The van der Waals surface area contributed by atoms with E-state index in [1.807, 2.05) is 24.3 Å². The van der Waals surface area contributed by atoms with E-state index in [0.29, 0.717) is 0 Å². The smallest absolute Gasteiger partial charge is 0.337 e. The molecule has 17 heavy (non-hydrogen) atoms. The fourth-order valence-electron chi connectivity index (χ4n) is 1.22. The van der Waals surface area contributed by atoms with Gasteiger partial charge < -0.3 is 5.11 Å². The molecule has 0 saturated heterocycles. The summed E-state index contributed by atoms with van der Waals surface area (Å²) in [4.78, 5) is 15.8. The van der Waals surface area contributed by atoms with Gasteiger partial charge in [0.05, 0.1) is 5.56 Å². The number of hydrogen-bond donors (Lipinski definition) is 1. The van der Waals surface area contributed by atoms with Gasteiger partial charge >= 0.3 is 5.97 Å². The summed E-state index contributed by atoms with van der Waals surface area (Å²) in [7, 11) is 0. The third kappa shape index (κ3) is 3.31. The van der Waals surface area contributed by atoms with Crippen molar-refractivity contribution in [3.05, 3.63) is 52.6 Å². The first-order valence-electron chi connectivity index (χ1n) is 4.78. The molecule has 0 fully saturated rings. The van der Waals surface area contributed by atoms with E-state index in [-0.39, 0.29) is 5.56 Å². The second kappa shape index (κ2) is 5.33. The summed E-state index contributed by atoms with van der Waals surface area (Å²) >= 11 is 4.88. The lowest BCUT2D eigenvalue weighted by atomic mass is 10.3. The molecule has 0 amide bonds. The van der Waals surface area contributed by atoms with Gasteiger partial charge in [0.2, 0.25) is 0 Å². The number of nitrogens with zero attached hydrogens (tertiary/aromatic N) is 1. The summed E-state index contributed by atoms with van der Waals surface area (Å²) in [6, 6.07) is 11.1. The summed E-state index contributed by atoms with van der Waals surface area (Å²) in [6.07, 6.45) is 1.36. The Hall–Kier alpha value is -1.33. The molecule has 0 radical (unpaired) electrons. The van der Waals surface area contributed by atoms with Crippen molar-refractivity contribution in [1.82, 2.24) is 4.98 Å². The Morgan fingerprint density at radius 3 is 2.71 bits per heavy atom. The highest BCUT2D eigenvalue weighted by atomic mass is 79.9. The van der Waals surface area contributed by atoms with Crippen molar-refractivity contribution in [3.63, 3.8) is 0 Å². The van der Waals surface area contributed by atoms with E-state index in [1.165, 1.54) is 18.0 Å². The zero-order valence-electron chi connectivity index (χ0n) is 8.63. The van der Waals surface area contributed by atoms with Crippen LogP contribution in [-0.2, 0) is 0 Å². The van der Waals surface area contributed by atoms with E-state index >= 15 is 0 Å². The third-order valence-electron chi connectivity index (χ3n) is 2.00. The number of carbonyl (C=O) groups is 1. The van der Waals surface area contributed by atoms with E-state index in [9.17, 15) is 4.79 Å². The molecule has 86 valence electrons. The molecule has 0 aliphatic rings. The number of aromatic nitrogens is 1. The molecule has 3 nitrogen and oxygen atoms in total. The van der Waals surface area contributed by atoms with Crippen LogP contribution in [0.3, 0.4) is 0 Å². The van der Waals surface area contributed by atoms with Crippen molar-refractivity contribution >= 4 is 33.7 Å². The number of halogens is 1. The van der Waals surface area contributed by atoms with Crippen molar-refractivity contribution < 1.29 is 9.90 Å². The van der Waals surface area contributed by atoms with E-state index in [1.54, 1.807) is 12.1 Å². The van der Waals surface area contributed by atoms with Gasteiger partial charge in [-0.2, -0.15) is 0 Å². The predicted octanol–water partition coefficient (Wildman–Crippen LogP) is 3.69. The number of pyridine rings is 1. The van der Waals surface area contributed by atoms with Gasteiger partial charge in [-0.1, -0.05) is 33.8 Å². The van der Waals surface area contributed by atoms with Gasteiger partial charge in [0, 0.05) is 15.6 Å². The van der Waals surface area contributed by atoms with Crippen LogP contribution in [-0.4, -0.2) is 16.1 Å². The number of carboxylic acid groups (broad SMARTS) is 1. The lowest BCUT2D eigenvalue weighted by Gasteiger charge is -2.01. The maximum absolute atomic E-state index is 10.7. The maximum Gasteiger partial charge on any atom is 0.337 e. The van der Waals surface area contributed by atoms with Crippen LogP contribution in [0.15, 0.2) is 57.0 Å². The number of benzene rings is 1. The fraction of sp³-hybridized carbons (Fsp3) is 0. The van der Waals surface area contributed by atoms with Crippen molar-refractivity contribution in [2.24, 2.45) is 0 Å². The summed E-state index contributed by atoms with van der Waals surface area (Å²) in [6.45, 7) is 0. The van der Waals surface area contributed by atoms with Crippen LogP contribution in [0.5, 0.6) is 0 Å². The number of rotatable bonds is 3. The molecular formula is C12H8BrNO2S. The minimum atomic E-state index is -0.962. The summed E-state index contributed by atoms with van der Waals surface area (Å²) in [5, 5.41) is 9.52. The van der Waals surface area contributed by atoms with Crippen molar-refractivity contribution in [2.45, 2.75) is 9.92 Å². The predicted molar refractivity (Wildman–Crippen MR) is 69.5 cm³/mol. The van der Waals surface area contributed by atoms with Gasteiger partial charge in [0.15, 0.2) is 0 Å². The summed E-state index contributed by atoms with van der Waals surface area (Å²) in [5.41, 5.74) is 0.198. The molecule has 0 aliphatic heterocycles. The first kappa shape index (κ1) is 12.1. The highest BCUT2D eigenvalue weighted by Crippen LogP contribution is 2.27. The lowest BCUT2D eigenvalue weighted by molar-refractivity contribution is 0.0696. The molecule has 2 aromatic rings. The third-order valence-corrected chi connectivity index (χ3v) is 3.44. The molecule has 0 spiro atoms. The van der Waals surface area contributed by atoms with E-state index in [0.717, 1.165) is 14.4 Å². The number of aromatic carboxylic acids is 1. The maximum atomic E-state index is 10.7. The topological polar surface area (TPSA) is 50.2 Å². The molecule has 1 heterocycles. The Morgan fingerprint density at radius 1 is 1.29 bits per heavy atom. The minimum absolute atomic E-state index is 0.198. The molecule has 1 N–H and O–H groups in total. The normalized spacial score (nSPS) is 10.2. The van der Waals surface area contributed by atoms with Crippen molar-refractivity contribution in [2.75, 3.05) is 0 Å². The largest absolute Gasteiger partial charge is 0.478 e. The molecule has 1 aromatic heterocycles. The minimum Gasteiger partial charge on any atom is -0.478 e. The lowest BCUT2D eigenvalue weighted by Crippen LogP contribution is -1.96. The average molecular weight is 310 g/mol. The Morgan fingerprint density at radius 2 is 2.12 bits per heavy atom. The SMILES string of the molecule is O=C(O)c1ccc(Sc2cccc(Br)c2)nc1. The van der Waals surface area contributed by atoms with Crippen LogP contribution in [0.1, 0.15) is 10.4 Å². The number of carboxylic acids is 1. The molecule has 0 unspecified atom stereocenters. The summed E-state index contributed by atoms with van der Waals surface area (Å²) in [5.74, 6) is -0.962. The molecule has 0 bridgehead atoms.